The number of carbonyl (C=O) groups excluding carboxylic acids is 2. The van der Waals surface area contributed by atoms with E-state index in [1.54, 1.807) is 4.90 Å². The molecule has 1 fully saturated rings. The zero-order valence-electron chi connectivity index (χ0n) is 16.0. The van der Waals surface area contributed by atoms with Crippen molar-refractivity contribution in [2.75, 3.05) is 16.8 Å². The highest BCUT2D eigenvalue weighted by Crippen LogP contribution is 2.39. The molecule has 28 heavy (non-hydrogen) atoms. The van der Waals surface area contributed by atoms with Gasteiger partial charge in [0.15, 0.2) is 0 Å². The molecule has 1 heterocycles. The van der Waals surface area contributed by atoms with Crippen LogP contribution in [0.2, 0.25) is 0 Å². The quantitative estimate of drug-likeness (QED) is 0.736. The summed E-state index contributed by atoms with van der Waals surface area (Å²) in [5.74, 6) is -0.476. The standard InChI is InChI=1S/C22H22BrN3O2/c1-13-10-19-20(11-14(13)2)26(22(28)15-6-5-9-17(15)24-19)12-21(27)25-18-8-4-3-7-16(18)23/h3-4,7-8,10-11,15H,5-6,9,12H2,1-2H3,(H,25,27). The predicted octanol–water partition coefficient (Wildman–Crippen LogP) is 4.92. The first-order chi connectivity index (χ1) is 13.4. The zero-order chi connectivity index (χ0) is 19.8. The highest BCUT2D eigenvalue weighted by molar-refractivity contribution is 9.10. The van der Waals surface area contributed by atoms with Gasteiger partial charge in [-0.05, 0) is 84.4 Å². The summed E-state index contributed by atoms with van der Waals surface area (Å²) in [5.41, 5.74) is 5.34. The topological polar surface area (TPSA) is 61.8 Å². The molecule has 1 saturated carbocycles. The molecule has 5 nitrogen and oxygen atoms in total. The third-order valence-corrected chi connectivity index (χ3v) is 6.18. The van der Waals surface area contributed by atoms with Gasteiger partial charge in [0.25, 0.3) is 0 Å². The number of aryl methyl sites for hydroxylation is 2. The van der Waals surface area contributed by atoms with Crippen molar-refractivity contribution in [1.29, 1.82) is 0 Å². The maximum absolute atomic E-state index is 13.3. The highest BCUT2D eigenvalue weighted by atomic mass is 79.9. The molecular weight excluding hydrogens is 418 g/mol. The Kier molecular flexibility index (Phi) is 5.06. The Morgan fingerprint density at radius 1 is 1.25 bits per heavy atom. The lowest BCUT2D eigenvalue weighted by Gasteiger charge is -2.25. The van der Waals surface area contributed by atoms with Gasteiger partial charge < -0.3 is 10.2 Å². The third-order valence-electron chi connectivity index (χ3n) is 5.49. The van der Waals surface area contributed by atoms with Crippen LogP contribution in [0.4, 0.5) is 17.1 Å². The van der Waals surface area contributed by atoms with Gasteiger partial charge in [-0.2, -0.15) is 0 Å². The van der Waals surface area contributed by atoms with Gasteiger partial charge in [-0.1, -0.05) is 12.1 Å². The first-order valence-electron chi connectivity index (χ1n) is 9.48. The van der Waals surface area contributed by atoms with E-state index in [0.717, 1.165) is 51.9 Å². The summed E-state index contributed by atoms with van der Waals surface area (Å²) in [6.07, 6.45) is 2.61. The van der Waals surface area contributed by atoms with Gasteiger partial charge in [-0.3, -0.25) is 14.6 Å². The number of amides is 2. The summed E-state index contributed by atoms with van der Waals surface area (Å²) >= 11 is 3.44. The van der Waals surface area contributed by atoms with Crippen molar-refractivity contribution in [2.45, 2.75) is 33.1 Å². The Morgan fingerprint density at radius 3 is 2.79 bits per heavy atom. The maximum atomic E-state index is 13.3. The minimum absolute atomic E-state index is 0.0273. The molecule has 0 aromatic heterocycles. The van der Waals surface area contributed by atoms with Crippen LogP contribution in [0.3, 0.4) is 0 Å². The van der Waals surface area contributed by atoms with E-state index >= 15 is 0 Å². The summed E-state index contributed by atoms with van der Waals surface area (Å²) in [6, 6.07) is 11.4. The highest BCUT2D eigenvalue weighted by Gasteiger charge is 2.37. The molecule has 1 atom stereocenters. The molecule has 2 amide bonds. The fourth-order valence-electron chi connectivity index (χ4n) is 3.84. The van der Waals surface area contributed by atoms with Crippen LogP contribution in [0.25, 0.3) is 0 Å². The van der Waals surface area contributed by atoms with E-state index in [4.69, 9.17) is 4.99 Å². The van der Waals surface area contributed by atoms with Crippen LogP contribution in [0.15, 0.2) is 45.9 Å². The number of halogens is 1. The second-order valence-corrected chi connectivity index (χ2v) is 8.28. The average molecular weight is 440 g/mol. The Bertz CT molecular complexity index is 999. The van der Waals surface area contributed by atoms with Crippen LogP contribution in [0.1, 0.15) is 30.4 Å². The molecule has 1 N–H and O–H groups in total. The number of para-hydroxylation sites is 1. The molecule has 0 bridgehead atoms. The molecule has 2 aromatic carbocycles. The number of hydrogen-bond acceptors (Lipinski definition) is 3. The van der Waals surface area contributed by atoms with Crippen molar-refractivity contribution < 1.29 is 9.59 Å². The van der Waals surface area contributed by atoms with Crippen LogP contribution in [0, 0.1) is 19.8 Å². The lowest BCUT2D eigenvalue weighted by Crippen LogP contribution is -2.42. The van der Waals surface area contributed by atoms with Crippen LogP contribution < -0.4 is 10.2 Å². The van der Waals surface area contributed by atoms with E-state index in [1.165, 1.54) is 0 Å². The first-order valence-corrected chi connectivity index (χ1v) is 10.3. The lowest BCUT2D eigenvalue weighted by atomic mass is 10.0. The maximum Gasteiger partial charge on any atom is 0.244 e. The molecule has 1 aliphatic carbocycles. The number of nitrogens with one attached hydrogen (secondary N) is 1. The normalized spacial score (nSPS) is 18.2. The summed E-state index contributed by atoms with van der Waals surface area (Å²) in [6.45, 7) is 4.02. The molecule has 0 saturated heterocycles. The molecule has 2 aliphatic rings. The van der Waals surface area contributed by atoms with Gasteiger partial charge in [0.2, 0.25) is 11.8 Å². The predicted molar refractivity (Wildman–Crippen MR) is 115 cm³/mol. The number of nitrogens with zero attached hydrogens (tertiary/aromatic N) is 2. The largest absolute Gasteiger partial charge is 0.324 e. The van der Waals surface area contributed by atoms with E-state index in [2.05, 4.69) is 21.2 Å². The molecule has 144 valence electrons. The van der Waals surface area contributed by atoms with E-state index in [0.29, 0.717) is 5.69 Å². The summed E-state index contributed by atoms with van der Waals surface area (Å²) in [5, 5.41) is 2.90. The number of hydrogen-bond donors (Lipinski definition) is 1. The van der Waals surface area contributed by atoms with Gasteiger partial charge >= 0.3 is 0 Å². The van der Waals surface area contributed by atoms with Crippen molar-refractivity contribution in [2.24, 2.45) is 10.9 Å². The second-order valence-electron chi connectivity index (χ2n) is 7.43. The summed E-state index contributed by atoms with van der Waals surface area (Å²) < 4.78 is 0.804. The molecule has 1 aliphatic heterocycles. The number of benzene rings is 2. The molecule has 0 spiro atoms. The fraction of sp³-hybridized carbons (Fsp3) is 0.318. The van der Waals surface area contributed by atoms with E-state index in [9.17, 15) is 9.59 Å². The monoisotopic (exact) mass is 439 g/mol. The van der Waals surface area contributed by atoms with Gasteiger partial charge in [0.05, 0.1) is 23.0 Å². The van der Waals surface area contributed by atoms with Crippen LogP contribution in [-0.2, 0) is 9.59 Å². The average Bonchev–Trinajstić information content (AvgIpc) is 3.09. The van der Waals surface area contributed by atoms with Crippen molar-refractivity contribution in [1.82, 2.24) is 0 Å². The van der Waals surface area contributed by atoms with Gasteiger partial charge in [-0.25, -0.2) is 0 Å². The van der Waals surface area contributed by atoms with Crippen LogP contribution in [0.5, 0.6) is 0 Å². The van der Waals surface area contributed by atoms with Crippen molar-refractivity contribution in [3.8, 4) is 0 Å². The smallest absolute Gasteiger partial charge is 0.244 e. The third kappa shape index (κ3) is 3.49. The Labute approximate surface area is 173 Å². The number of fused-ring (bicyclic) bond motifs is 2. The summed E-state index contributed by atoms with van der Waals surface area (Å²) in [7, 11) is 0. The Balaban J connectivity index is 1.68. The summed E-state index contributed by atoms with van der Waals surface area (Å²) in [4.78, 5) is 32.5. The van der Waals surface area contributed by atoms with Crippen molar-refractivity contribution in [3.05, 3.63) is 52.0 Å². The Morgan fingerprint density at radius 2 is 2.00 bits per heavy atom. The van der Waals surface area contributed by atoms with Crippen LogP contribution in [-0.4, -0.2) is 24.1 Å². The number of rotatable bonds is 3. The zero-order valence-corrected chi connectivity index (χ0v) is 17.5. The molecule has 4 rings (SSSR count). The van der Waals surface area contributed by atoms with E-state index < -0.39 is 0 Å². The fourth-order valence-corrected chi connectivity index (χ4v) is 4.22. The molecule has 2 aromatic rings. The number of carbonyl (C=O) groups is 2. The lowest BCUT2D eigenvalue weighted by molar-refractivity contribution is -0.122. The van der Waals surface area contributed by atoms with Crippen LogP contribution >= 0.6 is 15.9 Å². The molecule has 0 radical (unpaired) electrons. The molecular formula is C22H22BrN3O2. The van der Waals surface area contributed by atoms with Gasteiger partial charge in [0.1, 0.15) is 6.54 Å². The Hall–Kier alpha value is -2.47. The molecule has 6 heteroatoms. The second kappa shape index (κ2) is 7.51. The SMILES string of the molecule is Cc1cc2c(cc1C)N(CC(=O)Nc1ccccc1Br)C(=O)C1CCCC1=N2. The van der Waals surface area contributed by atoms with Gasteiger partial charge in [-0.15, -0.1) is 0 Å². The van der Waals surface area contributed by atoms with E-state index in [-0.39, 0.29) is 24.3 Å². The molecule has 1 unspecified atom stereocenters. The minimum Gasteiger partial charge on any atom is -0.324 e. The van der Waals surface area contributed by atoms with Gasteiger partial charge in [0, 0.05) is 10.2 Å². The number of anilines is 2. The number of aliphatic imine (C=N–C) groups is 1. The minimum atomic E-state index is -0.231. The van der Waals surface area contributed by atoms with E-state index in [1.807, 2.05) is 50.2 Å². The first kappa shape index (κ1) is 18.9. The van der Waals surface area contributed by atoms with Crippen molar-refractivity contribution >= 4 is 50.5 Å². The van der Waals surface area contributed by atoms with Crippen molar-refractivity contribution in [3.63, 3.8) is 0 Å².